The van der Waals surface area contributed by atoms with Crippen molar-refractivity contribution in [1.82, 2.24) is 0 Å². The second-order valence-electron chi connectivity index (χ2n) is 2.10. The van der Waals surface area contributed by atoms with E-state index in [4.69, 9.17) is 10.7 Å². The third-order valence-electron chi connectivity index (χ3n) is 0.934. The van der Waals surface area contributed by atoms with E-state index in [0.717, 1.165) is 0 Å². The Labute approximate surface area is 62.6 Å². The Morgan fingerprint density at radius 1 is 1.67 bits per heavy atom. The summed E-state index contributed by atoms with van der Waals surface area (Å²) in [7, 11) is 0. The summed E-state index contributed by atoms with van der Waals surface area (Å²) in [5.74, 6) is 0.106. The zero-order valence-corrected chi connectivity index (χ0v) is 6.97. The van der Waals surface area contributed by atoms with Crippen molar-refractivity contribution in [3.05, 3.63) is 0 Å². The highest BCUT2D eigenvalue weighted by Crippen LogP contribution is 2.12. The molecule has 0 aromatic rings. The molecular weight excluding hydrogens is 186 g/mol. The Balaban J connectivity index is 3.72. The molecule has 0 saturated heterocycles. The molecule has 4 heteroatoms. The molecule has 0 radical (unpaired) electrons. The molecule has 9 heavy (non-hydrogen) atoms. The van der Waals surface area contributed by atoms with Gasteiger partial charge in [0.1, 0.15) is 0 Å². The highest BCUT2D eigenvalue weighted by Gasteiger charge is 2.16. The molecule has 0 aliphatic rings. The smallest absolute Gasteiger partial charge is 0.238 e. The van der Waals surface area contributed by atoms with E-state index in [2.05, 4.69) is 20.8 Å². The molecule has 0 heterocycles. The van der Waals surface area contributed by atoms with Crippen LogP contribution >= 0.6 is 15.9 Å². The van der Waals surface area contributed by atoms with Crippen LogP contribution in [-0.4, -0.2) is 16.0 Å². The van der Waals surface area contributed by atoms with Crippen LogP contribution in [-0.2, 0) is 4.89 Å². The maximum atomic E-state index is 8.00. The summed E-state index contributed by atoms with van der Waals surface area (Å²) >= 11 is 3.16. The second kappa shape index (κ2) is 3.85. The van der Waals surface area contributed by atoms with Gasteiger partial charge in [0.2, 0.25) is 5.90 Å². The van der Waals surface area contributed by atoms with Crippen LogP contribution in [0.3, 0.4) is 0 Å². The fourth-order valence-electron chi connectivity index (χ4n) is 0.353. The fourth-order valence-corrected chi connectivity index (χ4v) is 0.437. The summed E-state index contributed by atoms with van der Waals surface area (Å²) in [5.41, 5.74) is 0. The number of rotatable bonds is 2. The molecule has 0 aliphatic carbocycles. The van der Waals surface area contributed by atoms with E-state index in [1.807, 2.05) is 13.8 Å². The van der Waals surface area contributed by atoms with E-state index >= 15 is 0 Å². The van der Waals surface area contributed by atoms with E-state index in [-0.39, 0.29) is 16.6 Å². The van der Waals surface area contributed by atoms with Crippen LogP contribution in [0.4, 0.5) is 0 Å². The molecule has 0 aromatic carbocycles. The molecule has 0 aromatic heterocycles. The van der Waals surface area contributed by atoms with Gasteiger partial charge in [0, 0.05) is 0 Å². The van der Waals surface area contributed by atoms with E-state index < -0.39 is 0 Å². The lowest BCUT2D eigenvalue weighted by Gasteiger charge is -2.10. The Bertz CT molecular complexity index is 105. The van der Waals surface area contributed by atoms with Crippen LogP contribution in [0, 0.1) is 11.3 Å². The number of hydrogen-bond donors (Lipinski definition) is 2. The van der Waals surface area contributed by atoms with Gasteiger partial charge in [0.25, 0.3) is 0 Å². The lowest BCUT2D eigenvalue weighted by molar-refractivity contribution is -0.158. The topological polar surface area (TPSA) is 53.3 Å². The van der Waals surface area contributed by atoms with Crippen molar-refractivity contribution in [1.29, 1.82) is 5.41 Å². The molecule has 0 fully saturated rings. The number of hydrogen-bond acceptors (Lipinski definition) is 3. The summed E-state index contributed by atoms with van der Waals surface area (Å²) in [6, 6.07) is 0. The normalized spacial score (nSPS) is 13.4. The Morgan fingerprint density at radius 3 is 2.22 bits per heavy atom. The average molecular weight is 196 g/mol. The molecule has 0 rings (SSSR count). The SMILES string of the molecule is CC(C)[C@H](Br)C(=N)OO. The van der Waals surface area contributed by atoms with Gasteiger partial charge in [-0.15, -0.1) is 0 Å². The molecule has 0 bridgehead atoms. The van der Waals surface area contributed by atoms with Crippen LogP contribution in [0.15, 0.2) is 0 Å². The van der Waals surface area contributed by atoms with Crippen LogP contribution in [0.25, 0.3) is 0 Å². The molecule has 0 amide bonds. The summed E-state index contributed by atoms with van der Waals surface area (Å²) in [6.45, 7) is 3.85. The minimum atomic E-state index is -0.192. The van der Waals surface area contributed by atoms with Gasteiger partial charge in [-0.05, 0) is 5.92 Å². The molecule has 2 N–H and O–H groups in total. The first-order valence-electron chi connectivity index (χ1n) is 2.63. The molecule has 0 unspecified atom stereocenters. The van der Waals surface area contributed by atoms with Gasteiger partial charge in [-0.3, -0.25) is 5.41 Å². The van der Waals surface area contributed by atoms with E-state index in [1.165, 1.54) is 0 Å². The minimum absolute atomic E-state index is 0.148. The van der Waals surface area contributed by atoms with Crippen molar-refractivity contribution in [2.24, 2.45) is 5.92 Å². The number of nitrogens with one attached hydrogen (secondary N) is 1. The van der Waals surface area contributed by atoms with Gasteiger partial charge < -0.3 is 4.89 Å². The molecule has 3 nitrogen and oxygen atoms in total. The molecule has 0 spiro atoms. The van der Waals surface area contributed by atoms with Crippen LogP contribution in [0.2, 0.25) is 0 Å². The van der Waals surface area contributed by atoms with Gasteiger partial charge in [-0.1, -0.05) is 29.8 Å². The second-order valence-corrected chi connectivity index (χ2v) is 3.09. The summed E-state index contributed by atoms with van der Waals surface area (Å²) < 4.78 is 0. The Morgan fingerprint density at radius 2 is 2.11 bits per heavy atom. The highest BCUT2D eigenvalue weighted by molar-refractivity contribution is 9.10. The summed E-state index contributed by atoms with van der Waals surface area (Å²) in [6.07, 6.45) is 0. The maximum absolute atomic E-state index is 8.00. The number of alkyl halides is 1. The standard InChI is InChI=1S/C5H10BrNO2/c1-3(2)4(6)5(7)9-8/h3-4,7-8H,1-2H3/t4-/m0/s1. The molecule has 0 aliphatic heterocycles. The molecular formula is C5H10BrNO2. The quantitative estimate of drug-likeness (QED) is 0.233. The first kappa shape index (κ1) is 8.91. The maximum Gasteiger partial charge on any atom is 0.238 e. The van der Waals surface area contributed by atoms with Crippen LogP contribution < -0.4 is 0 Å². The lowest BCUT2D eigenvalue weighted by atomic mass is 10.1. The first-order chi connectivity index (χ1) is 4.09. The average Bonchev–Trinajstić information content (AvgIpc) is 1.84. The predicted octanol–water partition coefficient (Wildman–Crippen LogP) is 1.87. The van der Waals surface area contributed by atoms with Crippen LogP contribution in [0.1, 0.15) is 13.8 Å². The molecule has 0 saturated carbocycles. The Hall–Kier alpha value is -0.0900. The third-order valence-corrected chi connectivity index (χ3v) is 2.41. The molecule has 1 atom stereocenters. The van der Waals surface area contributed by atoms with Crippen molar-refractivity contribution < 1.29 is 10.1 Å². The largest absolute Gasteiger partial charge is 0.324 e. The number of halogens is 1. The first-order valence-corrected chi connectivity index (χ1v) is 3.55. The zero-order valence-electron chi connectivity index (χ0n) is 5.39. The Kier molecular flexibility index (Phi) is 3.81. The summed E-state index contributed by atoms with van der Waals surface area (Å²) in [4.78, 5) is 3.52. The van der Waals surface area contributed by atoms with Gasteiger partial charge >= 0.3 is 0 Å². The monoisotopic (exact) mass is 195 g/mol. The van der Waals surface area contributed by atoms with Gasteiger partial charge in [-0.25, -0.2) is 5.26 Å². The van der Waals surface area contributed by atoms with E-state index in [1.54, 1.807) is 0 Å². The van der Waals surface area contributed by atoms with Gasteiger partial charge in [0.15, 0.2) is 0 Å². The lowest BCUT2D eigenvalue weighted by Crippen LogP contribution is -2.20. The van der Waals surface area contributed by atoms with Crippen molar-refractivity contribution in [2.75, 3.05) is 0 Å². The van der Waals surface area contributed by atoms with Crippen molar-refractivity contribution in [3.63, 3.8) is 0 Å². The van der Waals surface area contributed by atoms with Crippen LogP contribution in [0.5, 0.6) is 0 Å². The van der Waals surface area contributed by atoms with Gasteiger partial charge in [0.05, 0.1) is 4.83 Å². The van der Waals surface area contributed by atoms with Gasteiger partial charge in [-0.2, -0.15) is 0 Å². The van der Waals surface area contributed by atoms with Crippen molar-refractivity contribution >= 4 is 21.8 Å². The van der Waals surface area contributed by atoms with Crippen molar-refractivity contribution in [3.8, 4) is 0 Å². The molecule has 54 valence electrons. The summed E-state index contributed by atoms with van der Waals surface area (Å²) in [5, 5.41) is 15.0. The van der Waals surface area contributed by atoms with Crippen molar-refractivity contribution in [2.45, 2.75) is 18.7 Å². The fraction of sp³-hybridized carbons (Fsp3) is 0.800. The van der Waals surface area contributed by atoms with E-state index in [0.29, 0.717) is 0 Å². The highest BCUT2D eigenvalue weighted by atomic mass is 79.9. The van der Waals surface area contributed by atoms with E-state index in [9.17, 15) is 0 Å². The zero-order chi connectivity index (χ0) is 7.44. The predicted molar refractivity (Wildman–Crippen MR) is 39.0 cm³/mol. The third kappa shape index (κ3) is 2.81. The minimum Gasteiger partial charge on any atom is -0.324 e.